The largest absolute Gasteiger partial charge is 0.459 e. The van der Waals surface area contributed by atoms with E-state index in [1.54, 1.807) is 30.6 Å². The molecular weight excluding hydrogens is 362 g/mol. The van der Waals surface area contributed by atoms with Crippen molar-refractivity contribution in [2.75, 3.05) is 16.0 Å². The lowest BCUT2D eigenvalue weighted by molar-refractivity contribution is 0.0996. The lowest BCUT2D eigenvalue weighted by Crippen LogP contribution is -2.19. The Bertz CT molecular complexity index is 1090. The molecular formula is C19H15N5O2S. The molecule has 4 N–H and O–H groups in total. The Morgan fingerprint density at radius 3 is 2.41 bits per heavy atom. The van der Waals surface area contributed by atoms with Crippen molar-refractivity contribution in [3.8, 4) is 0 Å². The van der Waals surface area contributed by atoms with Gasteiger partial charge in [-0.3, -0.25) is 4.79 Å². The van der Waals surface area contributed by atoms with Gasteiger partial charge in [-0.15, -0.1) is 0 Å². The van der Waals surface area contributed by atoms with Crippen molar-refractivity contribution in [2.45, 2.75) is 0 Å². The monoisotopic (exact) mass is 377 g/mol. The highest BCUT2D eigenvalue weighted by molar-refractivity contribution is 7.80. The van der Waals surface area contributed by atoms with Gasteiger partial charge in [0.2, 0.25) is 0 Å². The molecule has 0 atom stereocenters. The van der Waals surface area contributed by atoms with Crippen molar-refractivity contribution in [3.63, 3.8) is 0 Å². The smallest absolute Gasteiger partial charge is 0.291 e. The molecule has 2 aromatic carbocycles. The number of thiocarbonyl (C=S) groups is 1. The van der Waals surface area contributed by atoms with E-state index in [-0.39, 0.29) is 11.7 Å². The van der Waals surface area contributed by atoms with Gasteiger partial charge in [0, 0.05) is 17.1 Å². The first-order valence-corrected chi connectivity index (χ1v) is 8.54. The molecule has 8 heteroatoms. The van der Waals surface area contributed by atoms with Gasteiger partial charge in [-0.2, -0.15) is 0 Å². The summed E-state index contributed by atoms with van der Waals surface area (Å²) in [5.74, 6) is -0.0380. The standard InChI is InChI=1S/C19H15N5O2S/c25-18(17-2-1-9-26-17)22-12-3-5-13(6-4-12)23-19(27)24-14-7-8-15-16(10-14)21-11-20-15/h1-11H,(H,20,21)(H,22,25)(H2,23,24,27). The SMILES string of the molecule is O=C(Nc1ccc(NC(=S)Nc2ccc3nc[nH]c3c2)cc1)c1ccco1. The van der Waals surface area contributed by atoms with Crippen LogP contribution in [0.25, 0.3) is 11.0 Å². The summed E-state index contributed by atoms with van der Waals surface area (Å²) >= 11 is 5.35. The van der Waals surface area contributed by atoms with E-state index in [9.17, 15) is 4.79 Å². The molecule has 0 saturated carbocycles. The third-order valence-corrected chi connectivity index (χ3v) is 4.03. The predicted octanol–water partition coefficient (Wildman–Crippen LogP) is 4.22. The van der Waals surface area contributed by atoms with Gasteiger partial charge < -0.3 is 25.4 Å². The first-order valence-electron chi connectivity index (χ1n) is 8.13. The molecule has 4 rings (SSSR count). The van der Waals surface area contributed by atoms with Crippen LogP contribution in [0.1, 0.15) is 10.6 Å². The van der Waals surface area contributed by atoms with Gasteiger partial charge in [0.25, 0.3) is 5.91 Å². The molecule has 4 aromatic rings. The number of hydrogen-bond donors (Lipinski definition) is 4. The Morgan fingerprint density at radius 2 is 1.67 bits per heavy atom. The van der Waals surface area contributed by atoms with Gasteiger partial charge in [-0.25, -0.2) is 4.98 Å². The fraction of sp³-hybridized carbons (Fsp3) is 0. The van der Waals surface area contributed by atoms with E-state index in [4.69, 9.17) is 16.6 Å². The highest BCUT2D eigenvalue weighted by Crippen LogP contribution is 2.18. The highest BCUT2D eigenvalue weighted by Gasteiger charge is 2.08. The maximum absolute atomic E-state index is 12.0. The number of benzene rings is 2. The van der Waals surface area contributed by atoms with Gasteiger partial charge in [-0.05, 0) is 66.8 Å². The molecule has 0 unspecified atom stereocenters. The van der Waals surface area contributed by atoms with Gasteiger partial charge in [0.1, 0.15) is 0 Å². The van der Waals surface area contributed by atoms with Crippen molar-refractivity contribution in [1.82, 2.24) is 9.97 Å². The highest BCUT2D eigenvalue weighted by atomic mass is 32.1. The van der Waals surface area contributed by atoms with Crippen molar-refractivity contribution in [2.24, 2.45) is 0 Å². The number of aromatic nitrogens is 2. The fourth-order valence-electron chi connectivity index (χ4n) is 2.54. The molecule has 0 fully saturated rings. The zero-order valence-electron chi connectivity index (χ0n) is 14.0. The molecule has 27 heavy (non-hydrogen) atoms. The number of imidazole rings is 1. The molecule has 0 saturated heterocycles. The number of hydrogen-bond acceptors (Lipinski definition) is 4. The van der Waals surface area contributed by atoms with E-state index < -0.39 is 0 Å². The van der Waals surface area contributed by atoms with Gasteiger partial charge >= 0.3 is 0 Å². The average molecular weight is 377 g/mol. The first kappa shape index (κ1) is 16.8. The van der Waals surface area contributed by atoms with Crippen molar-refractivity contribution >= 4 is 51.3 Å². The molecule has 0 aliphatic heterocycles. The van der Waals surface area contributed by atoms with E-state index in [1.165, 1.54) is 6.26 Å². The molecule has 0 spiro atoms. The zero-order chi connectivity index (χ0) is 18.6. The van der Waals surface area contributed by atoms with Crippen LogP contribution in [0, 0.1) is 0 Å². The summed E-state index contributed by atoms with van der Waals surface area (Å²) in [5.41, 5.74) is 4.13. The summed E-state index contributed by atoms with van der Waals surface area (Å²) in [6, 6.07) is 16.2. The molecule has 0 aliphatic carbocycles. The number of amides is 1. The number of carbonyl (C=O) groups excluding carboxylic acids is 1. The minimum atomic E-state index is -0.299. The molecule has 0 bridgehead atoms. The van der Waals surface area contributed by atoms with Crippen molar-refractivity contribution in [1.29, 1.82) is 0 Å². The Balaban J connectivity index is 1.36. The average Bonchev–Trinajstić information content (AvgIpc) is 3.34. The number of rotatable bonds is 4. The van der Waals surface area contributed by atoms with Crippen molar-refractivity contribution in [3.05, 3.63) is 72.9 Å². The van der Waals surface area contributed by atoms with Crippen LogP contribution in [-0.2, 0) is 0 Å². The lowest BCUT2D eigenvalue weighted by Gasteiger charge is -2.11. The fourth-order valence-corrected chi connectivity index (χ4v) is 2.78. The maximum Gasteiger partial charge on any atom is 0.291 e. The van der Waals surface area contributed by atoms with Crippen LogP contribution in [0.2, 0.25) is 0 Å². The number of furan rings is 1. The van der Waals surface area contributed by atoms with Gasteiger partial charge in [0.15, 0.2) is 10.9 Å². The second kappa shape index (κ2) is 7.30. The topological polar surface area (TPSA) is 95.0 Å². The molecule has 1 amide bonds. The summed E-state index contributed by atoms with van der Waals surface area (Å²) in [5, 5.41) is 9.45. The molecule has 0 radical (unpaired) electrons. The number of aromatic amines is 1. The minimum absolute atomic E-state index is 0.261. The molecule has 7 nitrogen and oxygen atoms in total. The second-order valence-electron chi connectivity index (χ2n) is 5.72. The van der Waals surface area contributed by atoms with Gasteiger partial charge in [-0.1, -0.05) is 0 Å². The number of fused-ring (bicyclic) bond motifs is 1. The van der Waals surface area contributed by atoms with Gasteiger partial charge in [0.05, 0.1) is 23.6 Å². The zero-order valence-corrected chi connectivity index (χ0v) is 14.8. The van der Waals surface area contributed by atoms with Crippen LogP contribution in [0.15, 0.2) is 71.6 Å². The third-order valence-electron chi connectivity index (χ3n) is 3.82. The number of carbonyl (C=O) groups is 1. The second-order valence-corrected chi connectivity index (χ2v) is 6.13. The quantitative estimate of drug-likeness (QED) is 0.398. The maximum atomic E-state index is 12.0. The van der Waals surface area contributed by atoms with Crippen LogP contribution < -0.4 is 16.0 Å². The van der Waals surface area contributed by atoms with Crippen LogP contribution in [-0.4, -0.2) is 21.0 Å². The van der Waals surface area contributed by atoms with Crippen molar-refractivity contribution < 1.29 is 9.21 Å². The Labute approximate surface area is 159 Å². The lowest BCUT2D eigenvalue weighted by atomic mass is 10.2. The summed E-state index contributed by atoms with van der Waals surface area (Å²) in [6.07, 6.45) is 3.11. The summed E-state index contributed by atoms with van der Waals surface area (Å²) < 4.78 is 5.07. The molecule has 2 heterocycles. The molecule has 2 aromatic heterocycles. The van der Waals surface area contributed by atoms with E-state index in [2.05, 4.69) is 25.9 Å². The van der Waals surface area contributed by atoms with Crippen LogP contribution in [0.4, 0.5) is 17.1 Å². The Kier molecular flexibility index (Phi) is 4.54. The van der Waals surface area contributed by atoms with Crippen LogP contribution >= 0.6 is 12.2 Å². The molecule has 0 aliphatic rings. The van der Waals surface area contributed by atoms with E-state index in [1.807, 2.05) is 30.3 Å². The first-order chi connectivity index (χ1) is 13.2. The number of nitrogens with one attached hydrogen (secondary N) is 4. The number of anilines is 3. The number of H-pyrrole nitrogens is 1. The summed E-state index contributed by atoms with van der Waals surface area (Å²) in [6.45, 7) is 0. The van der Waals surface area contributed by atoms with Crippen LogP contribution in [0.5, 0.6) is 0 Å². The van der Waals surface area contributed by atoms with E-state index >= 15 is 0 Å². The third kappa shape index (κ3) is 3.96. The Morgan fingerprint density at radius 1 is 0.963 bits per heavy atom. The minimum Gasteiger partial charge on any atom is -0.459 e. The summed E-state index contributed by atoms with van der Waals surface area (Å²) in [4.78, 5) is 19.2. The van der Waals surface area contributed by atoms with E-state index in [0.29, 0.717) is 10.8 Å². The molecule has 134 valence electrons. The van der Waals surface area contributed by atoms with Crippen LogP contribution in [0.3, 0.4) is 0 Å². The summed E-state index contributed by atoms with van der Waals surface area (Å²) in [7, 11) is 0. The number of nitrogens with zero attached hydrogens (tertiary/aromatic N) is 1. The van der Waals surface area contributed by atoms with E-state index in [0.717, 1.165) is 22.4 Å². The Hall–Kier alpha value is -3.65. The predicted molar refractivity (Wildman–Crippen MR) is 109 cm³/mol. The normalized spacial score (nSPS) is 10.5.